The molecule has 1 rings (SSSR count). The molecule has 2 N–H and O–H groups in total. The number of hydrogen-bond donors (Lipinski definition) is 1. The molecule has 4 heteroatoms. The first-order valence-corrected chi connectivity index (χ1v) is 3.23. The first kappa shape index (κ1) is 7.88. The predicted molar refractivity (Wildman–Crippen MR) is 41.2 cm³/mol. The highest BCUT2D eigenvalue weighted by molar-refractivity contribution is 6.33. The van der Waals surface area contributed by atoms with Gasteiger partial charge < -0.3 is 10.8 Å². The molecule has 0 aromatic heterocycles. The third-order valence-electron chi connectivity index (χ3n) is 1.20. The number of hydrogen-bond acceptors (Lipinski definition) is 1. The van der Waals surface area contributed by atoms with Crippen LogP contribution in [0.1, 0.15) is 10.4 Å². The van der Waals surface area contributed by atoms with Crippen molar-refractivity contribution in [1.29, 1.82) is 0 Å². The molecule has 57 valence electrons. The van der Waals surface area contributed by atoms with Gasteiger partial charge in [-0.1, -0.05) is 11.6 Å². The molecule has 0 heterocycles. The van der Waals surface area contributed by atoms with Crippen LogP contribution in [0.4, 0.5) is 5.69 Å². The van der Waals surface area contributed by atoms with Crippen molar-refractivity contribution in [2.24, 2.45) is 0 Å². The summed E-state index contributed by atoms with van der Waals surface area (Å²) in [6.07, 6.45) is 0. The van der Waals surface area contributed by atoms with Crippen LogP contribution >= 0.6 is 11.6 Å². The highest BCUT2D eigenvalue weighted by Gasteiger charge is 2.07. The monoisotopic (exact) mass is 170 g/mol. The quantitative estimate of drug-likeness (QED) is 0.700. The van der Waals surface area contributed by atoms with Crippen LogP contribution in [0.15, 0.2) is 18.2 Å². The predicted octanol–water partition coefficient (Wildman–Crippen LogP) is 1.95. The van der Waals surface area contributed by atoms with Crippen molar-refractivity contribution >= 4 is 23.3 Å². The summed E-state index contributed by atoms with van der Waals surface area (Å²) < 4.78 is 0. The Balaban J connectivity index is 3.20. The van der Waals surface area contributed by atoms with Gasteiger partial charge in [-0.2, -0.15) is 0 Å². The molecular formula is C7H5ClNO2. The fourth-order valence-electron chi connectivity index (χ4n) is 0.689. The van der Waals surface area contributed by atoms with Crippen molar-refractivity contribution in [2.75, 3.05) is 0 Å². The van der Waals surface area contributed by atoms with Crippen LogP contribution in [-0.2, 0) is 0 Å². The van der Waals surface area contributed by atoms with Crippen LogP contribution in [0.5, 0.6) is 0 Å². The van der Waals surface area contributed by atoms with E-state index >= 15 is 0 Å². The van der Waals surface area contributed by atoms with E-state index in [9.17, 15) is 4.79 Å². The fraction of sp³-hybridized carbons (Fsp3) is 0. The van der Waals surface area contributed by atoms with E-state index in [0.717, 1.165) is 0 Å². The third-order valence-corrected chi connectivity index (χ3v) is 1.51. The van der Waals surface area contributed by atoms with Crippen molar-refractivity contribution in [3.8, 4) is 0 Å². The van der Waals surface area contributed by atoms with E-state index in [1.807, 2.05) is 0 Å². The molecule has 0 fully saturated rings. The minimum Gasteiger partial charge on any atom is -0.478 e. The highest BCUT2D eigenvalue weighted by Crippen LogP contribution is 2.19. The Kier molecular flexibility index (Phi) is 2.01. The molecule has 0 bridgehead atoms. The van der Waals surface area contributed by atoms with Crippen LogP contribution in [0, 0.1) is 0 Å². The lowest BCUT2D eigenvalue weighted by Gasteiger charge is -1.97. The lowest BCUT2D eigenvalue weighted by atomic mass is 10.2. The van der Waals surface area contributed by atoms with Crippen molar-refractivity contribution in [3.63, 3.8) is 0 Å². The van der Waals surface area contributed by atoms with Crippen LogP contribution in [-0.4, -0.2) is 11.1 Å². The van der Waals surface area contributed by atoms with Crippen LogP contribution in [0.3, 0.4) is 0 Å². The van der Waals surface area contributed by atoms with Crippen molar-refractivity contribution in [1.82, 2.24) is 5.73 Å². The van der Waals surface area contributed by atoms with E-state index < -0.39 is 5.97 Å². The maximum atomic E-state index is 10.4. The fourth-order valence-corrected chi connectivity index (χ4v) is 0.950. The minimum absolute atomic E-state index is 0.0302. The molecule has 3 nitrogen and oxygen atoms in total. The molecule has 0 amide bonds. The van der Waals surface area contributed by atoms with Gasteiger partial charge >= 0.3 is 5.97 Å². The molecule has 1 aromatic rings. The Morgan fingerprint density at radius 2 is 2.18 bits per heavy atom. The SMILES string of the molecule is [NH]c1ccc(C(=O)O)c(Cl)c1. The lowest BCUT2D eigenvalue weighted by Crippen LogP contribution is -1.96. The highest BCUT2D eigenvalue weighted by atomic mass is 35.5. The van der Waals surface area contributed by atoms with Gasteiger partial charge in [-0.3, -0.25) is 0 Å². The second-order valence-electron chi connectivity index (χ2n) is 2.00. The van der Waals surface area contributed by atoms with Crippen molar-refractivity contribution in [3.05, 3.63) is 28.8 Å². The summed E-state index contributed by atoms with van der Waals surface area (Å²) in [5.41, 5.74) is 7.33. The third kappa shape index (κ3) is 1.62. The van der Waals surface area contributed by atoms with Gasteiger partial charge in [-0.15, -0.1) is 0 Å². The van der Waals surface area contributed by atoms with Gasteiger partial charge in [-0.05, 0) is 18.2 Å². The number of rotatable bonds is 1. The summed E-state index contributed by atoms with van der Waals surface area (Å²) in [6, 6.07) is 3.99. The van der Waals surface area contributed by atoms with Gasteiger partial charge in [0.05, 0.1) is 16.3 Å². The lowest BCUT2D eigenvalue weighted by molar-refractivity contribution is 0.0697. The Morgan fingerprint density at radius 1 is 1.55 bits per heavy atom. The number of carbonyl (C=O) groups is 1. The molecule has 0 unspecified atom stereocenters. The molecular weight excluding hydrogens is 166 g/mol. The van der Waals surface area contributed by atoms with Gasteiger partial charge in [0.15, 0.2) is 0 Å². The zero-order valence-electron chi connectivity index (χ0n) is 5.47. The molecule has 0 spiro atoms. The van der Waals surface area contributed by atoms with Gasteiger partial charge in [0, 0.05) is 0 Å². The number of nitrogens with one attached hydrogen (secondary N) is 1. The molecule has 11 heavy (non-hydrogen) atoms. The van der Waals surface area contributed by atoms with E-state index in [2.05, 4.69) is 0 Å². The van der Waals surface area contributed by atoms with Crippen molar-refractivity contribution in [2.45, 2.75) is 0 Å². The normalized spacial score (nSPS) is 9.55. The summed E-state index contributed by atoms with van der Waals surface area (Å²) in [4.78, 5) is 10.4. The minimum atomic E-state index is -1.07. The first-order valence-electron chi connectivity index (χ1n) is 2.85. The topological polar surface area (TPSA) is 61.1 Å². The standard InChI is InChI=1S/C7H5ClNO2/c8-6-3-4(9)1-2-5(6)7(10)11/h1-3,9H,(H,10,11). The van der Waals surface area contributed by atoms with Gasteiger partial charge in [0.25, 0.3) is 0 Å². The number of benzene rings is 1. The van der Waals surface area contributed by atoms with Gasteiger partial charge in [-0.25, -0.2) is 4.79 Å². The average Bonchev–Trinajstić information content (AvgIpc) is 1.85. The molecule has 0 saturated heterocycles. The summed E-state index contributed by atoms with van der Waals surface area (Å²) in [5.74, 6) is -1.07. The summed E-state index contributed by atoms with van der Waals surface area (Å²) in [5, 5.41) is 8.61. The van der Waals surface area contributed by atoms with Gasteiger partial charge in [0.2, 0.25) is 0 Å². The number of carboxylic acid groups (broad SMARTS) is 1. The van der Waals surface area contributed by atoms with E-state index in [-0.39, 0.29) is 16.3 Å². The molecule has 0 aliphatic heterocycles. The van der Waals surface area contributed by atoms with Crippen LogP contribution in [0.25, 0.3) is 0 Å². The van der Waals surface area contributed by atoms with E-state index in [0.29, 0.717) is 0 Å². The number of carboxylic acids is 1. The number of aromatic carboxylic acids is 1. The largest absolute Gasteiger partial charge is 0.478 e. The summed E-state index contributed by atoms with van der Waals surface area (Å²) in [6.45, 7) is 0. The summed E-state index contributed by atoms with van der Waals surface area (Å²) >= 11 is 5.52. The van der Waals surface area contributed by atoms with Gasteiger partial charge in [0.1, 0.15) is 0 Å². The zero-order valence-corrected chi connectivity index (χ0v) is 6.22. The molecule has 1 aromatic carbocycles. The molecule has 0 saturated carbocycles. The second-order valence-corrected chi connectivity index (χ2v) is 2.41. The Morgan fingerprint density at radius 3 is 2.64 bits per heavy atom. The maximum absolute atomic E-state index is 10.4. The average molecular weight is 171 g/mol. The smallest absolute Gasteiger partial charge is 0.337 e. The number of halogens is 1. The van der Waals surface area contributed by atoms with Crippen molar-refractivity contribution < 1.29 is 9.90 Å². The van der Waals surface area contributed by atoms with E-state index in [1.54, 1.807) is 0 Å². The van der Waals surface area contributed by atoms with Crippen LogP contribution < -0.4 is 5.73 Å². The Bertz CT molecular complexity index is 298. The first-order chi connectivity index (χ1) is 5.11. The summed E-state index contributed by atoms with van der Waals surface area (Å²) in [7, 11) is 0. The van der Waals surface area contributed by atoms with E-state index in [4.69, 9.17) is 22.4 Å². The maximum Gasteiger partial charge on any atom is 0.337 e. The second kappa shape index (κ2) is 2.80. The van der Waals surface area contributed by atoms with Crippen LogP contribution in [0.2, 0.25) is 5.02 Å². The molecule has 0 atom stereocenters. The van der Waals surface area contributed by atoms with E-state index in [1.165, 1.54) is 18.2 Å². The zero-order chi connectivity index (χ0) is 8.43. The molecule has 0 aliphatic carbocycles. The molecule has 1 radical (unpaired) electrons. The Hall–Kier alpha value is -1.22. The molecule has 0 aliphatic rings. The Labute approximate surface area is 68.4 Å².